The molecular weight excluding hydrogens is 270 g/mol. The van der Waals surface area contributed by atoms with Gasteiger partial charge in [-0.15, -0.1) is 0 Å². The minimum Gasteiger partial charge on any atom is -0.497 e. The van der Waals surface area contributed by atoms with E-state index in [2.05, 4.69) is 0 Å². The Bertz CT molecular complexity index is 502. The number of nitrogens with zero attached hydrogens (tertiary/aromatic N) is 1. The van der Waals surface area contributed by atoms with E-state index in [0.29, 0.717) is 6.61 Å². The van der Waals surface area contributed by atoms with Crippen LogP contribution in [0.3, 0.4) is 0 Å². The van der Waals surface area contributed by atoms with E-state index >= 15 is 0 Å². The first-order valence-corrected chi connectivity index (χ1v) is 7.48. The number of fused-ring (bicyclic) bond motifs is 2. The predicted octanol–water partition coefficient (Wildman–Crippen LogP) is 2.33. The molecule has 2 aliphatic rings. The third-order valence-corrected chi connectivity index (χ3v) is 4.20. The fraction of sp³-hybridized carbons (Fsp3) is 0.562. The van der Waals surface area contributed by atoms with Gasteiger partial charge in [-0.05, 0) is 37.5 Å². The molecule has 2 aliphatic heterocycles. The summed E-state index contributed by atoms with van der Waals surface area (Å²) in [6.45, 7) is 3.09. The van der Waals surface area contributed by atoms with Crippen LogP contribution in [0, 0.1) is 5.92 Å². The van der Waals surface area contributed by atoms with Crippen LogP contribution in [0.4, 0.5) is 0 Å². The summed E-state index contributed by atoms with van der Waals surface area (Å²) in [6.07, 6.45) is 1.89. The number of esters is 1. The second-order valence-electron chi connectivity index (χ2n) is 5.42. The first kappa shape index (κ1) is 14.4. The Labute approximate surface area is 124 Å². The van der Waals surface area contributed by atoms with Gasteiger partial charge in [0.15, 0.2) is 0 Å². The first-order chi connectivity index (χ1) is 10.2. The number of ether oxygens (including phenoxy) is 2. The molecule has 0 radical (unpaired) electrons. The van der Waals surface area contributed by atoms with Crippen molar-refractivity contribution in [3.63, 3.8) is 0 Å². The minimum atomic E-state index is -0.249. The van der Waals surface area contributed by atoms with Gasteiger partial charge in [-0.25, -0.2) is 0 Å². The molecule has 2 heterocycles. The predicted molar refractivity (Wildman–Crippen MR) is 76.7 cm³/mol. The molecule has 0 saturated carbocycles. The zero-order valence-corrected chi connectivity index (χ0v) is 12.5. The van der Waals surface area contributed by atoms with Crippen molar-refractivity contribution in [3.8, 4) is 5.75 Å². The maximum absolute atomic E-state index is 12.3. The number of methoxy groups -OCH3 is 1. The van der Waals surface area contributed by atoms with E-state index in [1.165, 1.54) is 0 Å². The maximum Gasteiger partial charge on any atom is 0.313 e. The molecule has 5 heteroatoms. The number of hydroxylamine groups is 2. The van der Waals surface area contributed by atoms with Gasteiger partial charge >= 0.3 is 5.97 Å². The van der Waals surface area contributed by atoms with E-state index < -0.39 is 0 Å². The number of hydrogen-bond donors (Lipinski definition) is 0. The van der Waals surface area contributed by atoms with E-state index in [1.807, 2.05) is 36.3 Å². The number of benzene rings is 1. The highest BCUT2D eigenvalue weighted by atomic mass is 16.7. The number of rotatable bonds is 4. The topological polar surface area (TPSA) is 48.0 Å². The fourth-order valence-electron chi connectivity index (χ4n) is 3.25. The molecule has 0 aromatic heterocycles. The van der Waals surface area contributed by atoms with Gasteiger partial charge in [0.05, 0.1) is 25.9 Å². The van der Waals surface area contributed by atoms with Gasteiger partial charge in [0, 0.05) is 6.54 Å². The highest BCUT2D eigenvalue weighted by molar-refractivity contribution is 5.74. The molecule has 4 atom stereocenters. The Balaban J connectivity index is 1.90. The summed E-state index contributed by atoms with van der Waals surface area (Å²) in [7, 11) is 1.64. The molecule has 1 aromatic rings. The molecule has 0 aliphatic carbocycles. The summed E-state index contributed by atoms with van der Waals surface area (Å²) < 4.78 is 10.5. The van der Waals surface area contributed by atoms with Gasteiger partial charge in [0.1, 0.15) is 11.7 Å². The summed E-state index contributed by atoms with van der Waals surface area (Å²) >= 11 is 0. The zero-order chi connectivity index (χ0) is 14.8. The van der Waals surface area contributed by atoms with Crippen LogP contribution in [0.5, 0.6) is 5.75 Å². The Morgan fingerprint density at radius 3 is 2.81 bits per heavy atom. The summed E-state index contributed by atoms with van der Waals surface area (Å²) in [5.74, 6) is 0.400. The molecule has 1 unspecified atom stereocenters. The van der Waals surface area contributed by atoms with Gasteiger partial charge in [-0.2, -0.15) is 5.06 Å². The lowest BCUT2D eigenvalue weighted by Gasteiger charge is -2.25. The molecule has 0 N–H and O–H groups in total. The highest BCUT2D eigenvalue weighted by Crippen LogP contribution is 2.44. The molecule has 2 bridgehead atoms. The molecule has 21 heavy (non-hydrogen) atoms. The lowest BCUT2D eigenvalue weighted by molar-refractivity contribution is -0.187. The fourth-order valence-corrected chi connectivity index (χ4v) is 3.25. The summed E-state index contributed by atoms with van der Waals surface area (Å²) in [4.78, 5) is 18.2. The van der Waals surface area contributed by atoms with Crippen molar-refractivity contribution >= 4 is 5.97 Å². The summed E-state index contributed by atoms with van der Waals surface area (Å²) in [6, 6.07) is 7.77. The Morgan fingerprint density at radius 1 is 1.38 bits per heavy atom. The second kappa shape index (κ2) is 6.03. The van der Waals surface area contributed by atoms with E-state index in [1.54, 1.807) is 7.11 Å². The summed E-state index contributed by atoms with van der Waals surface area (Å²) in [5, 5.41) is 1.94. The van der Waals surface area contributed by atoms with Crippen LogP contribution < -0.4 is 4.74 Å². The van der Waals surface area contributed by atoms with Gasteiger partial charge < -0.3 is 9.47 Å². The maximum atomic E-state index is 12.3. The van der Waals surface area contributed by atoms with Crippen LogP contribution in [-0.2, 0) is 14.4 Å². The van der Waals surface area contributed by atoms with Crippen LogP contribution >= 0.6 is 0 Å². The molecule has 0 spiro atoms. The van der Waals surface area contributed by atoms with Crippen LogP contribution in [-0.4, -0.2) is 37.4 Å². The smallest absolute Gasteiger partial charge is 0.313 e. The lowest BCUT2D eigenvalue weighted by atomic mass is 9.89. The third kappa shape index (κ3) is 2.63. The highest BCUT2D eigenvalue weighted by Gasteiger charge is 2.50. The normalized spacial score (nSPS) is 31.0. The van der Waals surface area contributed by atoms with Crippen molar-refractivity contribution in [2.45, 2.75) is 31.9 Å². The molecule has 5 nitrogen and oxygen atoms in total. The Hall–Kier alpha value is -1.59. The standard InChI is InChI=1S/C16H21NO4/c1-3-20-16(18)14-13-5-4-10-17(21-13)15(14)11-6-8-12(19-2)9-7-11/h6-9,13-15H,3-5,10H2,1-2H3/t13-,14+,15-/m1/s1. The average molecular weight is 291 g/mol. The van der Waals surface area contributed by atoms with Crippen LogP contribution in [0.15, 0.2) is 24.3 Å². The van der Waals surface area contributed by atoms with Crippen molar-refractivity contribution in [1.82, 2.24) is 5.06 Å². The third-order valence-electron chi connectivity index (χ3n) is 4.20. The van der Waals surface area contributed by atoms with Gasteiger partial charge in [-0.1, -0.05) is 12.1 Å². The van der Waals surface area contributed by atoms with E-state index in [-0.39, 0.29) is 24.0 Å². The first-order valence-electron chi connectivity index (χ1n) is 7.48. The van der Waals surface area contributed by atoms with Gasteiger partial charge in [0.25, 0.3) is 0 Å². The number of carbonyl (C=O) groups is 1. The zero-order valence-electron chi connectivity index (χ0n) is 12.5. The second-order valence-corrected chi connectivity index (χ2v) is 5.42. The average Bonchev–Trinajstić information content (AvgIpc) is 2.78. The van der Waals surface area contributed by atoms with Crippen molar-refractivity contribution < 1.29 is 19.1 Å². The molecule has 0 amide bonds. The monoisotopic (exact) mass is 291 g/mol. The van der Waals surface area contributed by atoms with Crippen molar-refractivity contribution in [3.05, 3.63) is 29.8 Å². The summed E-state index contributed by atoms with van der Waals surface area (Å²) in [5.41, 5.74) is 1.07. The van der Waals surface area contributed by atoms with E-state index in [4.69, 9.17) is 14.3 Å². The van der Waals surface area contributed by atoms with Crippen LogP contribution in [0.1, 0.15) is 31.4 Å². The Kier molecular flexibility index (Phi) is 4.12. The number of hydrogen-bond acceptors (Lipinski definition) is 5. The molecule has 2 fully saturated rings. The molecule has 1 aromatic carbocycles. The Morgan fingerprint density at radius 2 is 2.14 bits per heavy atom. The van der Waals surface area contributed by atoms with Crippen molar-refractivity contribution in [1.29, 1.82) is 0 Å². The van der Waals surface area contributed by atoms with E-state index in [9.17, 15) is 4.79 Å². The molecular formula is C16H21NO4. The van der Waals surface area contributed by atoms with E-state index in [0.717, 1.165) is 30.7 Å². The number of carbonyl (C=O) groups excluding carboxylic acids is 1. The molecule has 3 rings (SSSR count). The van der Waals surface area contributed by atoms with Crippen molar-refractivity contribution in [2.24, 2.45) is 5.92 Å². The molecule has 114 valence electrons. The van der Waals surface area contributed by atoms with Crippen molar-refractivity contribution in [2.75, 3.05) is 20.3 Å². The van der Waals surface area contributed by atoms with Crippen LogP contribution in [0.2, 0.25) is 0 Å². The largest absolute Gasteiger partial charge is 0.497 e. The van der Waals surface area contributed by atoms with Gasteiger partial charge in [0.2, 0.25) is 0 Å². The SMILES string of the molecule is CCOC(=O)[C@@H]1[C@@H](c2ccc(OC)cc2)N2CCC[C@H]1O2. The van der Waals surface area contributed by atoms with Gasteiger partial charge in [-0.3, -0.25) is 9.63 Å². The quantitative estimate of drug-likeness (QED) is 0.797. The lowest BCUT2D eigenvalue weighted by Crippen LogP contribution is -2.29. The van der Waals surface area contributed by atoms with Crippen LogP contribution in [0.25, 0.3) is 0 Å². The molecule has 2 saturated heterocycles. The minimum absolute atomic E-state index is 0.0649.